The summed E-state index contributed by atoms with van der Waals surface area (Å²) in [5.41, 5.74) is 2.10. The van der Waals surface area contributed by atoms with Crippen LogP contribution in [0.25, 0.3) is 0 Å². The molecule has 0 heterocycles. The van der Waals surface area contributed by atoms with Gasteiger partial charge in [-0.15, -0.1) is 0 Å². The molecule has 0 aliphatic carbocycles. The average Bonchev–Trinajstić information content (AvgIpc) is 2.47. The van der Waals surface area contributed by atoms with Gasteiger partial charge in [0.2, 0.25) is 0 Å². The monoisotopic (exact) mass is 390 g/mol. The van der Waals surface area contributed by atoms with Crippen LogP contribution in [0, 0.1) is 0 Å². The van der Waals surface area contributed by atoms with Gasteiger partial charge in [-0.1, -0.05) is 107 Å². The first-order valence-corrected chi connectivity index (χ1v) is 8.79. The van der Waals surface area contributed by atoms with Crippen molar-refractivity contribution in [2.45, 2.75) is 21.5 Å². The topological polar surface area (TPSA) is 9.23 Å². The summed E-state index contributed by atoms with van der Waals surface area (Å²) < 4.78 is 3.55. The molecule has 124 valence electrons. The number of halogens is 4. The molecule has 0 bridgehead atoms. The summed E-state index contributed by atoms with van der Waals surface area (Å²) in [6.07, 6.45) is 0.987. The van der Waals surface area contributed by atoms with Crippen LogP contribution in [0.4, 0.5) is 0 Å². The van der Waals surface area contributed by atoms with Crippen molar-refractivity contribution in [2.75, 3.05) is 13.2 Å². The lowest BCUT2D eigenvalue weighted by Crippen LogP contribution is -2.30. The third-order valence-electron chi connectivity index (χ3n) is 3.24. The maximum Gasteiger partial charge on any atom is 0.145 e. The second-order valence-corrected chi connectivity index (χ2v) is 8.81. The van der Waals surface area contributed by atoms with Gasteiger partial charge in [0.05, 0.1) is 13.2 Å². The fraction of sp³-hybridized carbons (Fsp3) is 0.333. The molecule has 0 saturated heterocycles. The lowest BCUT2D eigenvalue weighted by Gasteiger charge is -2.24. The molecule has 23 heavy (non-hydrogen) atoms. The van der Waals surface area contributed by atoms with E-state index in [2.05, 4.69) is 0 Å². The van der Waals surface area contributed by atoms with Crippen molar-refractivity contribution in [1.29, 1.82) is 0 Å². The normalized spacial score (nSPS) is 12.3. The number of hydrogen-bond donors (Lipinski definition) is 0. The minimum atomic E-state index is -1.02. The van der Waals surface area contributed by atoms with Crippen molar-refractivity contribution in [1.82, 2.24) is 0 Å². The van der Waals surface area contributed by atoms with E-state index in [0.29, 0.717) is 12.8 Å². The third-order valence-corrected chi connectivity index (χ3v) is 4.21. The van der Waals surface area contributed by atoms with Crippen molar-refractivity contribution in [3.8, 4) is 0 Å². The number of alkyl halides is 4. The Morgan fingerprint density at radius 3 is 1.30 bits per heavy atom. The van der Waals surface area contributed by atoms with Gasteiger partial charge >= 0.3 is 0 Å². The summed E-state index contributed by atoms with van der Waals surface area (Å²) in [7, 11) is 0. The molecule has 0 spiro atoms. The lowest BCUT2D eigenvalue weighted by atomic mass is 10.1. The average molecular weight is 392 g/mol. The molecule has 0 N–H and O–H groups in total. The van der Waals surface area contributed by atoms with Crippen LogP contribution in [0.5, 0.6) is 0 Å². The summed E-state index contributed by atoms with van der Waals surface area (Å²) >= 11 is 25.3. The second kappa shape index (κ2) is 8.60. The molecule has 0 fully saturated rings. The highest BCUT2D eigenvalue weighted by Crippen LogP contribution is 2.30. The maximum absolute atomic E-state index is 6.31. The number of rotatable bonds is 8. The SMILES string of the molecule is ClC(Cl)(COCC(Cl)(Cl)Cc1ccccc1)Cc1ccccc1. The Morgan fingerprint density at radius 2 is 0.957 bits per heavy atom. The van der Waals surface area contributed by atoms with Crippen LogP contribution in [0.15, 0.2) is 60.7 Å². The van der Waals surface area contributed by atoms with E-state index in [1.165, 1.54) is 0 Å². The van der Waals surface area contributed by atoms with Gasteiger partial charge in [0.25, 0.3) is 0 Å². The Hall–Kier alpha value is -0.440. The van der Waals surface area contributed by atoms with Gasteiger partial charge in [-0.3, -0.25) is 0 Å². The molecule has 0 amide bonds. The molecule has 2 aromatic carbocycles. The van der Waals surface area contributed by atoms with Gasteiger partial charge in [0.15, 0.2) is 0 Å². The largest absolute Gasteiger partial charge is 0.375 e. The molecule has 0 aliphatic heterocycles. The van der Waals surface area contributed by atoms with Gasteiger partial charge in [0, 0.05) is 12.8 Å². The molecule has 0 aliphatic rings. The number of ether oxygens (including phenoxy) is 1. The highest BCUT2D eigenvalue weighted by atomic mass is 35.5. The molecule has 0 saturated carbocycles. The Labute approximate surface area is 157 Å². The Bertz CT molecular complexity index is 531. The van der Waals surface area contributed by atoms with Crippen molar-refractivity contribution in [3.05, 3.63) is 71.8 Å². The minimum absolute atomic E-state index is 0.154. The van der Waals surface area contributed by atoms with Crippen molar-refractivity contribution >= 4 is 46.4 Å². The number of benzene rings is 2. The van der Waals surface area contributed by atoms with E-state index in [4.69, 9.17) is 51.1 Å². The van der Waals surface area contributed by atoms with Crippen LogP contribution in [0.1, 0.15) is 11.1 Å². The number of hydrogen-bond acceptors (Lipinski definition) is 1. The zero-order valence-corrected chi connectivity index (χ0v) is 15.5. The zero-order valence-electron chi connectivity index (χ0n) is 12.5. The fourth-order valence-corrected chi connectivity index (χ4v) is 3.17. The van der Waals surface area contributed by atoms with Crippen LogP contribution in [-0.4, -0.2) is 21.9 Å². The third kappa shape index (κ3) is 7.32. The van der Waals surface area contributed by atoms with Gasteiger partial charge < -0.3 is 4.74 Å². The predicted molar refractivity (Wildman–Crippen MR) is 100.0 cm³/mol. The van der Waals surface area contributed by atoms with E-state index in [1.54, 1.807) is 0 Å². The van der Waals surface area contributed by atoms with Crippen LogP contribution in [-0.2, 0) is 17.6 Å². The van der Waals surface area contributed by atoms with E-state index >= 15 is 0 Å². The minimum Gasteiger partial charge on any atom is -0.375 e. The quantitative estimate of drug-likeness (QED) is 0.514. The summed E-state index contributed by atoms with van der Waals surface area (Å²) in [6.45, 7) is 0.308. The maximum atomic E-state index is 6.31. The first-order valence-electron chi connectivity index (χ1n) is 7.28. The summed E-state index contributed by atoms with van der Waals surface area (Å²) in [4.78, 5) is 0. The molecule has 5 heteroatoms. The highest BCUT2D eigenvalue weighted by Gasteiger charge is 2.29. The summed E-state index contributed by atoms with van der Waals surface area (Å²) in [6, 6.07) is 19.6. The van der Waals surface area contributed by atoms with Crippen LogP contribution in [0.3, 0.4) is 0 Å². The van der Waals surface area contributed by atoms with E-state index in [9.17, 15) is 0 Å². The first kappa shape index (κ1) is 18.9. The summed E-state index contributed by atoms with van der Waals surface area (Å²) in [5.74, 6) is 0. The second-order valence-electron chi connectivity index (χ2n) is 5.53. The Morgan fingerprint density at radius 1 is 0.609 bits per heavy atom. The Balaban J connectivity index is 1.80. The standard InChI is InChI=1S/C18H18Cl4O/c19-17(20,11-15-7-3-1-4-8-15)13-23-14-18(21,22)12-16-9-5-2-6-10-16/h1-10H,11-14H2. The van der Waals surface area contributed by atoms with Crippen molar-refractivity contribution in [3.63, 3.8) is 0 Å². The van der Waals surface area contributed by atoms with Crippen molar-refractivity contribution < 1.29 is 4.74 Å². The fourth-order valence-electron chi connectivity index (χ4n) is 2.24. The molecule has 1 nitrogen and oxygen atoms in total. The van der Waals surface area contributed by atoms with Crippen LogP contribution in [0.2, 0.25) is 0 Å². The Kier molecular flexibility index (Phi) is 7.06. The predicted octanol–water partition coefficient (Wildman–Crippen LogP) is 5.84. The molecule has 2 aromatic rings. The molecule has 2 rings (SSSR count). The molecule has 0 atom stereocenters. The van der Waals surface area contributed by atoms with Crippen molar-refractivity contribution in [2.24, 2.45) is 0 Å². The first-order chi connectivity index (χ1) is 10.9. The van der Waals surface area contributed by atoms with E-state index < -0.39 is 8.67 Å². The van der Waals surface area contributed by atoms with Gasteiger partial charge in [-0.2, -0.15) is 0 Å². The van der Waals surface area contributed by atoms with E-state index in [1.807, 2.05) is 60.7 Å². The smallest absolute Gasteiger partial charge is 0.145 e. The van der Waals surface area contributed by atoms with Crippen LogP contribution >= 0.6 is 46.4 Å². The van der Waals surface area contributed by atoms with Gasteiger partial charge in [-0.25, -0.2) is 0 Å². The highest BCUT2D eigenvalue weighted by molar-refractivity contribution is 6.49. The van der Waals surface area contributed by atoms with E-state index in [-0.39, 0.29) is 13.2 Å². The van der Waals surface area contributed by atoms with Gasteiger partial charge in [0.1, 0.15) is 8.67 Å². The zero-order chi connectivity index (χ0) is 16.8. The van der Waals surface area contributed by atoms with Gasteiger partial charge in [-0.05, 0) is 11.1 Å². The molecule has 0 radical (unpaired) electrons. The molecule has 0 unspecified atom stereocenters. The summed E-state index contributed by atoms with van der Waals surface area (Å²) in [5, 5.41) is 0. The molecular formula is C18H18Cl4O. The molecule has 0 aromatic heterocycles. The molecular weight excluding hydrogens is 374 g/mol. The van der Waals surface area contributed by atoms with E-state index in [0.717, 1.165) is 11.1 Å². The van der Waals surface area contributed by atoms with Crippen LogP contribution < -0.4 is 0 Å². The lowest BCUT2D eigenvalue weighted by molar-refractivity contribution is 0.119.